The van der Waals surface area contributed by atoms with E-state index < -0.39 is 0 Å². The number of rotatable bonds is 6. The second-order valence-electron chi connectivity index (χ2n) is 4.95. The molecule has 24 heavy (non-hydrogen) atoms. The molecule has 1 aromatic carbocycles. The molecule has 0 spiro atoms. The van der Waals surface area contributed by atoms with E-state index in [4.69, 9.17) is 4.74 Å². The highest BCUT2D eigenvalue weighted by Crippen LogP contribution is 2.10. The smallest absolute Gasteiger partial charge is 0.191 e. The van der Waals surface area contributed by atoms with Crippen LogP contribution in [0.4, 0.5) is 4.39 Å². The lowest BCUT2D eigenvalue weighted by Crippen LogP contribution is -2.39. The Morgan fingerprint density at radius 1 is 1.21 bits per heavy atom. The van der Waals surface area contributed by atoms with Crippen molar-refractivity contribution in [3.8, 4) is 5.75 Å². The van der Waals surface area contributed by atoms with Gasteiger partial charge in [0.2, 0.25) is 0 Å². The number of aryl methyl sites for hydroxylation is 1. The van der Waals surface area contributed by atoms with Crippen LogP contribution in [0.3, 0.4) is 0 Å². The predicted molar refractivity (Wildman–Crippen MR) is 104 cm³/mol. The summed E-state index contributed by atoms with van der Waals surface area (Å²) in [6.45, 7) is 3.39. The van der Waals surface area contributed by atoms with Gasteiger partial charge in [-0.3, -0.25) is 9.98 Å². The molecule has 0 saturated carbocycles. The molecule has 0 saturated heterocycles. The lowest BCUT2D eigenvalue weighted by molar-refractivity contribution is 0.322. The molecule has 5 nitrogen and oxygen atoms in total. The zero-order chi connectivity index (χ0) is 16.5. The lowest BCUT2D eigenvalue weighted by atomic mass is 10.2. The van der Waals surface area contributed by atoms with E-state index in [2.05, 4.69) is 20.6 Å². The summed E-state index contributed by atoms with van der Waals surface area (Å²) in [5.74, 6) is 1.07. The van der Waals surface area contributed by atoms with Gasteiger partial charge in [0.05, 0.1) is 18.8 Å². The average molecular weight is 444 g/mol. The van der Waals surface area contributed by atoms with Gasteiger partial charge in [-0.2, -0.15) is 0 Å². The van der Waals surface area contributed by atoms with E-state index in [1.54, 1.807) is 19.3 Å². The Kier molecular flexibility index (Phi) is 9.06. The molecular formula is C17H22FIN4O. The second-order valence-corrected chi connectivity index (χ2v) is 4.95. The Hall–Kier alpha value is -1.90. The molecule has 2 rings (SSSR count). The Labute approximate surface area is 158 Å². The van der Waals surface area contributed by atoms with Crippen LogP contribution in [0, 0.1) is 12.7 Å². The molecule has 0 aliphatic rings. The van der Waals surface area contributed by atoms with Crippen molar-refractivity contribution in [1.29, 1.82) is 0 Å². The van der Waals surface area contributed by atoms with Crippen LogP contribution in [0.25, 0.3) is 0 Å². The Morgan fingerprint density at radius 2 is 1.96 bits per heavy atom. The van der Waals surface area contributed by atoms with E-state index in [-0.39, 0.29) is 36.3 Å². The number of aliphatic imine (C=N–C) groups is 1. The number of halogens is 2. The minimum absolute atomic E-state index is 0. The molecule has 0 radical (unpaired) electrons. The topological polar surface area (TPSA) is 58.5 Å². The number of ether oxygens (including phenoxy) is 1. The van der Waals surface area contributed by atoms with Crippen molar-refractivity contribution in [3.05, 3.63) is 59.7 Å². The third-order valence-electron chi connectivity index (χ3n) is 3.17. The van der Waals surface area contributed by atoms with Crippen LogP contribution in [-0.2, 0) is 6.54 Å². The number of hydrogen-bond donors (Lipinski definition) is 2. The highest BCUT2D eigenvalue weighted by atomic mass is 127. The van der Waals surface area contributed by atoms with E-state index in [0.29, 0.717) is 24.8 Å². The molecule has 0 unspecified atom stereocenters. The van der Waals surface area contributed by atoms with Crippen molar-refractivity contribution in [3.63, 3.8) is 0 Å². The first-order valence-corrected chi connectivity index (χ1v) is 7.42. The van der Waals surface area contributed by atoms with E-state index >= 15 is 0 Å². The fraction of sp³-hybridized carbons (Fsp3) is 0.294. The van der Waals surface area contributed by atoms with Crippen molar-refractivity contribution in [2.24, 2.45) is 4.99 Å². The van der Waals surface area contributed by atoms with Crippen LogP contribution >= 0.6 is 24.0 Å². The van der Waals surface area contributed by atoms with Gasteiger partial charge in [0.25, 0.3) is 0 Å². The van der Waals surface area contributed by atoms with Crippen molar-refractivity contribution in [2.45, 2.75) is 13.5 Å². The van der Waals surface area contributed by atoms with Crippen LogP contribution in [0.2, 0.25) is 0 Å². The lowest BCUT2D eigenvalue weighted by Gasteiger charge is -2.12. The summed E-state index contributed by atoms with van der Waals surface area (Å²) in [5, 5.41) is 6.12. The number of nitrogens with zero attached hydrogens (tertiary/aromatic N) is 2. The predicted octanol–water partition coefficient (Wildman–Crippen LogP) is 2.89. The van der Waals surface area contributed by atoms with Gasteiger partial charge in [-0.25, -0.2) is 4.39 Å². The van der Waals surface area contributed by atoms with E-state index in [0.717, 1.165) is 5.75 Å². The average Bonchev–Trinajstić information content (AvgIpc) is 2.57. The molecule has 0 aliphatic carbocycles. The number of aromatic nitrogens is 1. The molecule has 0 aliphatic heterocycles. The fourth-order valence-electron chi connectivity index (χ4n) is 1.91. The normalized spacial score (nSPS) is 10.7. The number of hydrogen-bond acceptors (Lipinski definition) is 3. The van der Waals surface area contributed by atoms with Crippen molar-refractivity contribution < 1.29 is 9.13 Å². The second kappa shape index (κ2) is 10.8. The molecule has 130 valence electrons. The summed E-state index contributed by atoms with van der Waals surface area (Å²) in [5.41, 5.74) is 1.55. The summed E-state index contributed by atoms with van der Waals surface area (Å²) in [6, 6.07) is 10.8. The van der Waals surface area contributed by atoms with Crippen molar-refractivity contribution in [1.82, 2.24) is 15.6 Å². The number of nitrogens with one attached hydrogen (secondary N) is 2. The Balaban J connectivity index is 0.00000288. The Morgan fingerprint density at radius 3 is 2.62 bits per heavy atom. The molecule has 1 aromatic heterocycles. The van der Waals surface area contributed by atoms with Gasteiger partial charge in [0.15, 0.2) is 5.96 Å². The molecule has 2 N–H and O–H groups in total. The van der Waals surface area contributed by atoms with Crippen LogP contribution in [0.1, 0.15) is 11.3 Å². The highest BCUT2D eigenvalue weighted by molar-refractivity contribution is 14.0. The van der Waals surface area contributed by atoms with Crippen LogP contribution < -0.4 is 15.4 Å². The first-order valence-electron chi connectivity index (χ1n) is 7.42. The zero-order valence-electron chi connectivity index (χ0n) is 13.8. The summed E-state index contributed by atoms with van der Waals surface area (Å²) >= 11 is 0. The molecule has 2 aromatic rings. The van der Waals surface area contributed by atoms with Crippen LogP contribution in [0.5, 0.6) is 5.75 Å². The first kappa shape index (κ1) is 20.1. The summed E-state index contributed by atoms with van der Waals surface area (Å²) < 4.78 is 19.1. The summed E-state index contributed by atoms with van der Waals surface area (Å²) in [4.78, 5) is 8.06. The molecule has 7 heteroatoms. The van der Waals surface area contributed by atoms with E-state index in [1.807, 2.05) is 31.2 Å². The van der Waals surface area contributed by atoms with Crippen LogP contribution in [0.15, 0.2) is 47.6 Å². The maximum absolute atomic E-state index is 13.5. The summed E-state index contributed by atoms with van der Waals surface area (Å²) in [6.07, 6.45) is 1.56. The molecule has 0 fully saturated rings. The zero-order valence-corrected chi connectivity index (χ0v) is 16.1. The van der Waals surface area contributed by atoms with E-state index in [1.165, 1.54) is 11.6 Å². The van der Waals surface area contributed by atoms with Crippen molar-refractivity contribution in [2.75, 3.05) is 20.2 Å². The Bertz CT molecular complexity index is 649. The third-order valence-corrected chi connectivity index (χ3v) is 3.17. The third kappa shape index (κ3) is 6.69. The SMILES string of the molecule is CN=C(NCCOc1ccc(C)cc1)NCc1ncccc1F.I. The largest absolute Gasteiger partial charge is 0.492 e. The standard InChI is InChI=1S/C17H21FN4O.HI/c1-13-5-7-14(8-6-13)23-11-10-21-17(19-2)22-12-16-15(18)4-3-9-20-16;/h3-9H,10-12H2,1-2H3,(H2,19,21,22);1H. The summed E-state index contributed by atoms with van der Waals surface area (Å²) in [7, 11) is 1.66. The molecular weight excluding hydrogens is 422 g/mol. The molecule has 1 heterocycles. The number of benzene rings is 1. The van der Waals surface area contributed by atoms with Gasteiger partial charge in [-0.05, 0) is 31.2 Å². The maximum Gasteiger partial charge on any atom is 0.191 e. The number of guanidine groups is 1. The van der Waals surface area contributed by atoms with Gasteiger partial charge in [-0.1, -0.05) is 17.7 Å². The van der Waals surface area contributed by atoms with Gasteiger partial charge in [-0.15, -0.1) is 24.0 Å². The van der Waals surface area contributed by atoms with Crippen LogP contribution in [-0.4, -0.2) is 31.1 Å². The maximum atomic E-state index is 13.5. The van der Waals surface area contributed by atoms with Crippen molar-refractivity contribution >= 4 is 29.9 Å². The van der Waals surface area contributed by atoms with Gasteiger partial charge < -0.3 is 15.4 Å². The minimum Gasteiger partial charge on any atom is -0.492 e. The number of pyridine rings is 1. The highest BCUT2D eigenvalue weighted by Gasteiger charge is 2.03. The van der Waals surface area contributed by atoms with Gasteiger partial charge in [0.1, 0.15) is 18.2 Å². The fourth-order valence-corrected chi connectivity index (χ4v) is 1.91. The molecule has 0 bridgehead atoms. The van der Waals surface area contributed by atoms with Gasteiger partial charge in [0, 0.05) is 13.2 Å². The first-order chi connectivity index (χ1) is 11.2. The monoisotopic (exact) mass is 444 g/mol. The molecule has 0 atom stereocenters. The quantitative estimate of drug-likeness (QED) is 0.312. The van der Waals surface area contributed by atoms with E-state index in [9.17, 15) is 4.39 Å². The van der Waals surface area contributed by atoms with Gasteiger partial charge >= 0.3 is 0 Å². The molecule has 0 amide bonds. The minimum atomic E-state index is -0.335.